The summed E-state index contributed by atoms with van der Waals surface area (Å²) in [6.07, 6.45) is 9.61. The topological polar surface area (TPSA) is 364 Å². The van der Waals surface area contributed by atoms with Crippen LogP contribution < -0.4 is 16.4 Å². The van der Waals surface area contributed by atoms with Crippen LogP contribution in [0.25, 0.3) is 11.2 Å². The highest BCUT2D eigenvalue weighted by Crippen LogP contribution is 2.61. The normalized spacial score (nSPS) is 20.0. The number of phosphoric acid groups is 3. The molecule has 0 radical (unpaired) electrons. The first kappa shape index (κ1) is 62.5. The number of aliphatic hydroxyl groups excluding tert-OH is 2. The number of carbonyl (C=O) groups excluding carboxylic acids is 3. The Morgan fingerprint density at radius 2 is 1.44 bits per heavy atom. The number of fused-ring (bicyclic) bond motifs is 1. The van der Waals surface area contributed by atoms with Crippen LogP contribution >= 0.6 is 35.2 Å². The molecule has 0 bridgehead atoms. The number of nitrogens with one attached hydrogen (secondary N) is 2. The summed E-state index contributed by atoms with van der Waals surface area (Å²) in [6.45, 7) is 2.17. The Balaban J connectivity index is 1.32. The molecule has 1 saturated heterocycles. The lowest BCUT2D eigenvalue weighted by molar-refractivity contribution is -0.137. The Morgan fingerprint density at radius 3 is 2.03 bits per heavy atom. The summed E-state index contributed by atoms with van der Waals surface area (Å²) in [5.74, 6) is -4.30. The van der Waals surface area contributed by atoms with Crippen LogP contribution in [-0.2, 0) is 50.7 Å². The van der Waals surface area contributed by atoms with E-state index in [-0.39, 0.29) is 48.7 Å². The van der Waals surface area contributed by atoms with E-state index in [0.29, 0.717) is 18.2 Å². The molecule has 1 aliphatic heterocycles. The zero-order valence-corrected chi connectivity index (χ0v) is 43.6. The second kappa shape index (κ2) is 30.5. The smallest absolute Gasteiger partial charge is 0.386 e. The minimum atomic E-state index is -5.61. The molecule has 71 heavy (non-hydrogen) atoms. The number of nitrogens with zero attached hydrogens (tertiary/aromatic N) is 4. The van der Waals surface area contributed by atoms with Crippen molar-refractivity contribution in [3.63, 3.8) is 0 Å². The highest BCUT2D eigenvalue weighted by molar-refractivity contribution is 8.14. The van der Waals surface area contributed by atoms with E-state index >= 15 is 0 Å². The molecule has 3 rings (SSSR count). The Labute approximate surface area is 415 Å². The number of phosphoric ester groups is 3. The average Bonchev–Trinajstić information content (AvgIpc) is 3.86. The average molecular weight is 1100 g/mol. The van der Waals surface area contributed by atoms with Gasteiger partial charge in [-0.1, -0.05) is 122 Å². The lowest BCUT2D eigenvalue weighted by Crippen LogP contribution is -2.46. The van der Waals surface area contributed by atoms with Gasteiger partial charge < -0.3 is 50.9 Å². The molecular formula is C41H70F2N7O17P3S. The van der Waals surface area contributed by atoms with Crippen molar-refractivity contribution in [1.82, 2.24) is 30.2 Å². The monoisotopic (exact) mass is 1100 g/mol. The van der Waals surface area contributed by atoms with Gasteiger partial charge in [0.05, 0.1) is 19.5 Å². The molecule has 24 nitrogen and oxygen atoms in total. The van der Waals surface area contributed by atoms with Gasteiger partial charge in [-0.15, -0.1) is 0 Å². The number of ether oxygens (including phenoxy) is 1. The fraction of sp³-hybridized carbons (Fsp3) is 0.756. The Morgan fingerprint density at radius 1 is 0.859 bits per heavy atom. The van der Waals surface area contributed by atoms with Gasteiger partial charge >= 0.3 is 23.5 Å². The Hall–Kier alpha value is -2.84. The summed E-state index contributed by atoms with van der Waals surface area (Å²) in [5.41, 5.74) is 4.18. The number of amides is 2. The fourth-order valence-electron chi connectivity index (χ4n) is 7.21. The van der Waals surface area contributed by atoms with Crippen molar-refractivity contribution in [2.75, 3.05) is 37.8 Å². The summed E-state index contributed by atoms with van der Waals surface area (Å²) in [4.78, 5) is 88.2. The van der Waals surface area contributed by atoms with Gasteiger partial charge in [-0.05, 0) is 6.42 Å². The number of carbonyl (C=O) groups is 3. The van der Waals surface area contributed by atoms with E-state index in [2.05, 4.69) is 41.3 Å². The molecule has 3 heterocycles. The molecule has 30 heteroatoms. The second-order valence-electron chi connectivity index (χ2n) is 17.6. The standard InChI is InChI=1S/C41H70F2N7O17P3S/c1-4-5-6-7-8-9-10-11-12-13-14-15-16-17-18-19-28(42)31(43)40(55)71-23-22-45-30(51)20-21-46-38(54)35(53)41(2,3)25-64-70(61,62)67-69(59,60)63-24-29-34(66-68(56,57)58)33(52)39(65-29)50-27-49-32-36(44)47-26-48-37(32)50/h26-27,29,33-35,39,52-53H,4-25H2,1-3H3,(H,45,51)(H,46,54)(H,59,60)(H,61,62)(H2,44,47,48)(H2,56,57,58)/b31-28+/t29-,33-,34-,35+,39-/m1/s1. The summed E-state index contributed by atoms with van der Waals surface area (Å²) in [6, 6.07) is 0. The minimum absolute atomic E-state index is 0.0156. The first-order valence-corrected chi connectivity index (χ1v) is 29.0. The minimum Gasteiger partial charge on any atom is -0.386 e. The Bertz CT molecular complexity index is 2190. The van der Waals surface area contributed by atoms with Gasteiger partial charge in [0.2, 0.25) is 17.6 Å². The molecule has 0 aromatic carbocycles. The molecule has 1 aliphatic rings. The van der Waals surface area contributed by atoms with E-state index < -0.39 is 101 Å². The number of aromatic nitrogens is 4. The SMILES string of the molecule is CCCCCCCCCCCCCCCCC/C(F)=C(\F)C(=O)SCCNC(=O)CCNC(=O)[C@H](O)C(C)(C)COP(=O)(O)OP(=O)(O)OC[C@H]1O[C@@H](n2cnc3c(N)ncnc32)[C@H](O)[C@@H]1OP(=O)(O)O. The molecule has 1 fully saturated rings. The zero-order chi connectivity index (χ0) is 52.8. The van der Waals surface area contributed by atoms with E-state index in [0.717, 1.165) is 42.9 Å². The summed E-state index contributed by atoms with van der Waals surface area (Å²) < 4.78 is 90.9. The van der Waals surface area contributed by atoms with E-state index in [1.54, 1.807) is 0 Å². The van der Waals surface area contributed by atoms with E-state index in [9.17, 15) is 66.6 Å². The number of hydrogen-bond acceptors (Lipinski definition) is 18. The lowest BCUT2D eigenvalue weighted by Gasteiger charge is -2.30. The molecular weight excluding hydrogens is 1030 g/mol. The van der Waals surface area contributed by atoms with Crippen molar-refractivity contribution >= 4 is 69.1 Å². The maximum absolute atomic E-state index is 14.3. The molecule has 406 valence electrons. The number of thioether (sulfide) groups is 1. The predicted octanol–water partition coefficient (Wildman–Crippen LogP) is 6.08. The number of rotatable bonds is 36. The zero-order valence-electron chi connectivity index (χ0n) is 40.1. The molecule has 2 unspecified atom stereocenters. The number of nitrogen functional groups attached to an aromatic ring is 1. The van der Waals surface area contributed by atoms with Gasteiger partial charge in [0, 0.05) is 37.1 Å². The summed E-state index contributed by atoms with van der Waals surface area (Å²) in [7, 11) is -16.5. The maximum Gasteiger partial charge on any atom is 0.481 e. The maximum atomic E-state index is 14.3. The van der Waals surface area contributed by atoms with Crippen LogP contribution in [-0.4, -0.2) is 123 Å². The van der Waals surface area contributed by atoms with Crippen molar-refractivity contribution in [2.45, 2.75) is 161 Å². The van der Waals surface area contributed by atoms with Crippen LogP contribution in [0, 0.1) is 5.41 Å². The van der Waals surface area contributed by atoms with Crippen LogP contribution in [0.5, 0.6) is 0 Å². The molecule has 2 aromatic rings. The van der Waals surface area contributed by atoms with Gasteiger partial charge in [0.1, 0.15) is 42.1 Å². The first-order valence-electron chi connectivity index (χ1n) is 23.5. The molecule has 0 aliphatic carbocycles. The number of halogens is 2. The second-order valence-corrected chi connectivity index (χ2v) is 22.9. The third-order valence-electron chi connectivity index (χ3n) is 11.2. The van der Waals surface area contributed by atoms with Crippen LogP contribution in [0.2, 0.25) is 0 Å². The van der Waals surface area contributed by atoms with Crippen molar-refractivity contribution < 1.29 is 89.3 Å². The van der Waals surface area contributed by atoms with Gasteiger partial charge in [-0.2, -0.15) is 8.70 Å². The summed E-state index contributed by atoms with van der Waals surface area (Å²) >= 11 is 0.498. The lowest BCUT2D eigenvalue weighted by atomic mass is 9.87. The molecule has 7 atom stereocenters. The fourth-order valence-corrected chi connectivity index (χ4v) is 10.7. The van der Waals surface area contributed by atoms with Crippen LogP contribution in [0.1, 0.15) is 136 Å². The number of aliphatic hydroxyl groups is 2. The van der Waals surface area contributed by atoms with Crippen LogP contribution in [0.3, 0.4) is 0 Å². The van der Waals surface area contributed by atoms with Crippen molar-refractivity contribution in [1.29, 1.82) is 0 Å². The van der Waals surface area contributed by atoms with E-state index in [4.69, 9.17) is 19.5 Å². The third-order valence-corrected chi connectivity index (χ3v) is 15.1. The van der Waals surface area contributed by atoms with Crippen molar-refractivity contribution in [2.24, 2.45) is 5.41 Å². The number of unbranched alkanes of at least 4 members (excludes halogenated alkanes) is 14. The predicted molar refractivity (Wildman–Crippen MR) is 256 cm³/mol. The van der Waals surface area contributed by atoms with Gasteiger partial charge in [-0.3, -0.25) is 32.5 Å². The Kier molecular flexibility index (Phi) is 26.8. The molecule has 10 N–H and O–H groups in total. The number of imidazole rings is 1. The quantitative estimate of drug-likeness (QED) is 0.0212. The van der Waals surface area contributed by atoms with Crippen molar-refractivity contribution in [3.05, 3.63) is 24.3 Å². The number of allylic oxidation sites excluding steroid dienone is 1. The van der Waals surface area contributed by atoms with Crippen molar-refractivity contribution in [3.8, 4) is 0 Å². The van der Waals surface area contributed by atoms with Crippen LogP contribution in [0.4, 0.5) is 14.6 Å². The molecule has 0 spiro atoms. The number of nitrogens with two attached hydrogens (primary N) is 1. The number of hydrogen-bond donors (Lipinski definition) is 9. The number of anilines is 1. The molecule has 2 aromatic heterocycles. The highest BCUT2D eigenvalue weighted by atomic mass is 32.2. The third kappa shape index (κ3) is 22.7. The largest absolute Gasteiger partial charge is 0.481 e. The van der Waals surface area contributed by atoms with Gasteiger partial charge in [0.25, 0.3) is 5.12 Å². The molecule has 0 saturated carbocycles. The van der Waals surface area contributed by atoms with Gasteiger partial charge in [0.15, 0.2) is 17.7 Å². The molecule has 2 amide bonds. The van der Waals surface area contributed by atoms with E-state index in [1.807, 2.05) is 0 Å². The van der Waals surface area contributed by atoms with Crippen LogP contribution in [0.15, 0.2) is 24.3 Å². The van der Waals surface area contributed by atoms with E-state index in [1.165, 1.54) is 78.1 Å². The van der Waals surface area contributed by atoms with Gasteiger partial charge in [-0.25, -0.2) is 33.0 Å². The highest BCUT2D eigenvalue weighted by Gasteiger charge is 2.50. The first-order chi connectivity index (χ1) is 33.4. The summed E-state index contributed by atoms with van der Waals surface area (Å²) in [5, 5.41) is 25.2.